The molecule has 1 atom stereocenters. The maximum Gasteiger partial charge on any atom is 0.251 e. The summed E-state index contributed by atoms with van der Waals surface area (Å²) in [6, 6.07) is 5.03. The van der Waals surface area contributed by atoms with Crippen molar-refractivity contribution in [3.05, 3.63) is 33.8 Å². The smallest absolute Gasteiger partial charge is 0.251 e. The first kappa shape index (κ1) is 13.9. The number of amides is 1. The molecule has 1 rings (SSSR count). The van der Waals surface area contributed by atoms with Gasteiger partial charge in [-0.2, -0.15) is 0 Å². The molecule has 1 N–H and O–H groups in total. The molecule has 0 radical (unpaired) electrons. The Labute approximate surface area is 110 Å². The number of hydrogen-bond acceptors (Lipinski definition) is 2. The number of aryl methyl sites for hydroxylation is 1. The highest BCUT2D eigenvalue weighted by Gasteiger charge is 2.15. The lowest BCUT2D eigenvalue weighted by molar-refractivity contribution is -0.120. The Balaban J connectivity index is 2.79. The Bertz CT molecular complexity index is 423. The zero-order valence-electron chi connectivity index (χ0n) is 10.2. The third-order valence-corrected chi connectivity index (χ3v) is 2.94. The first-order valence-electron chi connectivity index (χ1n) is 5.54. The molecule has 0 saturated heterocycles. The van der Waals surface area contributed by atoms with Gasteiger partial charge in [0.25, 0.3) is 5.91 Å². The Morgan fingerprint density at radius 3 is 2.53 bits per heavy atom. The van der Waals surface area contributed by atoms with Crippen LogP contribution >= 0.6 is 15.9 Å². The predicted octanol–water partition coefficient (Wildman–Crippen LogP) is 2.85. The van der Waals surface area contributed by atoms with Crippen LogP contribution in [0.1, 0.15) is 36.2 Å². The van der Waals surface area contributed by atoms with Crippen LogP contribution in [-0.4, -0.2) is 17.7 Å². The van der Waals surface area contributed by atoms with E-state index >= 15 is 0 Å². The zero-order chi connectivity index (χ0) is 13.0. The number of carbonyl (C=O) groups excluding carboxylic acids is 2. The number of halogens is 1. The van der Waals surface area contributed by atoms with Crippen LogP contribution in [0.4, 0.5) is 0 Å². The average Bonchev–Trinajstić information content (AvgIpc) is 2.26. The van der Waals surface area contributed by atoms with Gasteiger partial charge in [0.2, 0.25) is 0 Å². The van der Waals surface area contributed by atoms with Crippen LogP contribution in [0.5, 0.6) is 0 Å². The van der Waals surface area contributed by atoms with Crippen molar-refractivity contribution in [1.29, 1.82) is 0 Å². The molecule has 1 aromatic rings. The van der Waals surface area contributed by atoms with Crippen LogP contribution in [0.15, 0.2) is 22.7 Å². The molecule has 0 aliphatic rings. The summed E-state index contributed by atoms with van der Waals surface area (Å²) in [7, 11) is 0. The van der Waals surface area contributed by atoms with Gasteiger partial charge in [0, 0.05) is 16.5 Å². The molecule has 3 nitrogen and oxygen atoms in total. The van der Waals surface area contributed by atoms with E-state index in [-0.39, 0.29) is 11.7 Å². The van der Waals surface area contributed by atoms with Crippen LogP contribution < -0.4 is 5.32 Å². The van der Waals surface area contributed by atoms with Crippen molar-refractivity contribution >= 4 is 27.6 Å². The van der Waals surface area contributed by atoms with Crippen LogP contribution in [0, 0.1) is 6.92 Å². The summed E-state index contributed by atoms with van der Waals surface area (Å²) >= 11 is 3.34. The standard InChI is InChI=1S/C13H16BrNO2/c1-4-12(16)9(3)15-13(17)10-5-8(2)6-11(14)7-10/h5-7,9H,4H2,1-3H3,(H,15,17). The second kappa shape index (κ2) is 5.96. The summed E-state index contributed by atoms with van der Waals surface area (Å²) in [5.74, 6) is -0.186. The van der Waals surface area contributed by atoms with E-state index in [0.29, 0.717) is 12.0 Å². The first-order valence-corrected chi connectivity index (χ1v) is 6.34. The van der Waals surface area contributed by atoms with Crippen molar-refractivity contribution in [2.45, 2.75) is 33.2 Å². The summed E-state index contributed by atoms with van der Waals surface area (Å²) in [4.78, 5) is 23.3. The van der Waals surface area contributed by atoms with Gasteiger partial charge in [-0.15, -0.1) is 0 Å². The van der Waals surface area contributed by atoms with Crippen molar-refractivity contribution in [3.63, 3.8) is 0 Å². The highest BCUT2D eigenvalue weighted by molar-refractivity contribution is 9.10. The molecule has 1 amide bonds. The van der Waals surface area contributed by atoms with Crippen LogP contribution in [0.25, 0.3) is 0 Å². The van der Waals surface area contributed by atoms with E-state index in [0.717, 1.165) is 10.0 Å². The summed E-state index contributed by atoms with van der Waals surface area (Å²) in [5.41, 5.74) is 1.56. The Morgan fingerprint density at radius 2 is 2.00 bits per heavy atom. The zero-order valence-corrected chi connectivity index (χ0v) is 11.8. The van der Waals surface area contributed by atoms with Crippen molar-refractivity contribution in [1.82, 2.24) is 5.32 Å². The van der Waals surface area contributed by atoms with Gasteiger partial charge in [0.05, 0.1) is 6.04 Å². The van der Waals surface area contributed by atoms with Crippen molar-refractivity contribution in [2.75, 3.05) is 0 Å². The van der Waals surface area contributed by atoms with Gasteiger partial charge in [0.1, 0.15) is 0 Å². The van der Waals surface area contributed by atoms with E-state index in [4.69, 9.17) is 0 Å². The Morgan fingerprint density at radius 1 is 1.35 bits per heavy atom. The minimum absolute atomic E-state index is 0.0325. The van der Waals surface area contributed by atoms with Gasteiger partial charge in [0.15, 0.2) is 5.78 Å². The van der Waals surface area contributed by atoms with E-state index in [1.165, 1.54) is 0 Å². The van der Waals surface area contributed by atoms with Crippen LogP contribution in [0.2, 0.25) is 0 Å². The highest BCUT2D eigenvalue weighted by atomic mass is 79.9. The van der Waals surface area contributed by atoms with Gasteiger partial charge in [-0.25, -0.2) is 0 Å². The quantitative estimate of drug-likeness (QED) is 0.929. The van der Waals surface area contributed by atoms with Gasteiger partial charge >= 0.3 is 0 Å². The fourth-order valence-electron chi connectivity index (χ4n) is 1.53. The predicted molar refractivity (Wildman–Crippen MR) is 71.1 cm³/mol. The number of Topliss-reactive ketones (excluding diaryl/α,β-unsaturated/α-hetero) is 1. The maximum atomic E-state index is 11.9. The summed E-state index contributed by atoms with van der Waals surface area (Å²) < 4.78 is 0.858. The molecule has 0 fully saturated rings. The van der Waals surface area contributed by atoms with E-state index in [1.807, 2.05) is 13.0 Å². The third-order valence-electron chi connectivity index (χ3n) is 2.48. The van der Waals surface area contributed by atoms with E-state index in [2.05, 4.69) is 21.2 Å². The number of rotatable bonds is 4. The maximum absolute atomic E-state index is 11.9. The summed E-state index contributed by atoms with van der Waals surface area (Å²) in [5, 5.41) is 2.69. The minimum atomic E-state index is -0.438. The van der Waals surface area contributed by atoms with Crippen LogP contribution in [-0.2, 0) is 4.79 Å². The SMILES string of the molecule is CCC(=O)C(C)NC(=O)c1cc(C)cc(Br)c1. The van der Waals surface area contributed by atoms with Crippen molar-refractivity contribution in [2.24, 2.45) is 0 Å². The van der Waals surface area contributed by atoms with Gasteiger partial charge in [-0.3, -0.25) is 9.59 Å². The van der Waals surface area contributed by atoms with Gasteiger partial charge in [-0.1, -0.05) is 22.9 Å². The molecule has 92 valence electrons. The molecular weight excluding hydrogens is 282 g/mol. The molecule has 17 heavy (non-hydrogen) atoms. The molecular formula is C13H16BrNO2. The molecule has 0 bridgehead atoms. The van der Waals surface area contributed by atoms with E-state index in [1.54, 1.807) is 26.0 Å². The molecule has 0 aliphatic heterocycles. The fourth-order valence-corrected chi connectivity index (χ4v) is 2.14. The normalized spacial score (nSPS) is 12.0. The third kappa shape index (κ3) is 3.97. The number of hydrogen-bond donors (Lipinski definition) is 1. The van der Waals surface area contributed by atoms with Crippen molar-refractivity contribution in [3.8, 4) is 0 Å². The Kier molecular flexibility index (Phi) is 4.87. The second-order valence-electron chi connectivity index (χ2n) is 4.03. The monoisotopic (exact) mass is 297 g/mol. The number of benzene rings is 1. The highest BCUT2D eigenvalue weighted by Crippen LogP contribution is 2.15. The van der Waals surface area contributed by atoms with Gasteiger partial charge in [-0.05, 0) is 37.6 Å². The fraction of sp³-hybridized carbons (Fsp3) is 0.385. The summed E-state index contributed by atoms with van der Waals surface area (Å²) in [6.07, 6.45) is 0.430. The molecule has 0 spiro atoms. The topological polar surface area (TPSA) is 46.2 Å². The molecule has 1 aromatic carbocycles. The lowest BCUT2D eigenvalue weighted by Crippen LogP contribution is -2.38. The lowest BCUT2D eigenvalue weighted by Gasteiger charge is -2.12. The molecule has 0 heterocycles. The molecule has 4 heteroatoms. The number of carbonyl (C=O) groups is 2. The molecule has 0 aromatic heterocycles. The lowest BCUT2D eigenvalue weighted by atomic mass is 10.1. The van der Waals surface area contributed by atoms with E-state index < -0.39 is 6.04 Å². The largest absolute Gasteiger partial charge is 0.343 e. The number of nitrogens with one attached hydrogen (secondary N) is 1. The second-order valence-corrected chi connectivity index (χ2v) is 4.95. The van der Waals surface area contributed by atoms with E-state index in [9.17, 15) is 9.59 Å². The number of ketones is 1. The molecule has 1 unspecified atom stereocenters. The average molecular weight is 298 g/mol. The molecule has 0 aliphatic carbocycles. The molecule has 0 saturated carbocycles. The first-order chi connectivity index (χ1) is 7.93. The van der Waals surface area contributed by atoms with Crippen LogP contribution in [0.3, 0.4) is 0 Å². The van der Waals surface area contributed by atoms with Crippen molar-refractivity contribution < 1.29 is 9.59 Å². The Hall–Kier alpha value is -1.16. The van der Waals surface area contributed by atoms with Gasteiger partial charge < -0.3 is 5.32 Å². The minimum Gasteiger partial charge on any atom is -0.343 e. The summed E-state index contributed by atoms with van der Waals surface area (Å²) in [6.45, 7) is 5.41.